The Morgan fingerprint density at radius 2 is 1.90 bits per heavy atom. The topological polar surface area (TPSA) is 56.3 Å². The molecule has 0 N–H and O–H groups in total. The predicted octanol–water partition coefficient (Wildman–Crippen LogP) is 3.48. The van der Waals surface area contributed by atoms with E-state index in [0.717, 1.165) is 6.07 Å². The molecule has 0 saturated heterocycles. The zero-order chi connectivity index (χ0) is 16.1. The van der Waals surface area contributed by atoms with Crippen LogP contribution in [0.2, 0.25) is 5.02 Å². The third-order valence-electron chi connectivity index (χ3n) is 2.81. The maximum absolute atomic E-state index is 12.7. The molecule has 11 heteroatoms. The van der Waals surface area contributed by atoms with Gasteiger partial charge in [-0.05, 0) is 0 Å². The van der Waals surface area contributed by atoms with Crippen molar-refractivity contribution in [2.75, 3.05) is 0 Å². The van der Waals surface area contributed by atoms with E-state index < -0.39 is 46.1 Å². The van der Waals surface area contributed by atoms with Crippen molar-refractivity contribution in [3.8, 4) is 5.75 Å². The molecule has 0 aliphatic heterocycles. The summed E-state index contributed by atoms with van der Waals surface area (Å²) < 4.78 is 87.3. The lowest BCUT2D eigenvalue weighted by Crippen LogP contribution is -2.34. The Balaban J connectivity index is 2.17. The average Bonchev–Trinajstić information content (AvgIpc) is 2.23. The third-order valence-corrected chi connectivity index (χ3v) is 4.09. The lowest BCUT2D eigenvalue weighted by atomic mass is 9.79. The fraction of sp³-hybridized carbons (Fsp3) is 0.500. The van der Waals surface area contributed by atoms with Gasteiger partial charge in [0.15, 0.2) is 5.75 Å². The largest absolute Gasteiger partial charge is 0.534 e. The third kappa shape index (κ3) is 3.37. The second kappa shape index (κ2) is 4.94. The van der Waals surface area contributed by atoms with Crippen LogP contribution in [0.5, 0.6) is 5.75 Å². The van der Waals surface area contributed by atoms with E-state index in [1.54, 1.807) is 0 Å². The van der Waals surface area contributed by atoms with Crippen LogP contribution in [0.1, 0.15) is 24.5 Å². The quantitative estimate of drug-likeness (QED) is 0.475. The van der Waals surface area contributed by atoms with Gasteiger partial charge in [0.1, 0.15) is 0 Å². The summed E-state index contributed by atoms with van der Waals surface area (Å²) in [5, 5.41) is -0.231. The lowest BCUT2D eigenvalue weighted by molar-refractivity contribution is -0.0875. The lowest BCUT2D eigenvalue weighted by Gasteiger charge is -2.34. The summed E-state index contributed by atoms with van der Waals surface area (Å²) in [4.78, 5) is 3.61. The van der Waals surface area contributed by atoms with Gasteiger partial charge in [0.05, 0.1) is 16.9 Å². The molecule has 0 atom stereocenters. The van der Waals surface area contributed by atoms with E-state index in [1.807, 2.05) is 0 Å². The van der Waals surface area contributed by atoms with Crippen LogP contribution in [0.25, 0.3) is 0 Å². The van der Waals surface area contributed by atoms with Gasteiger partial charge in [-0.3, -0.25) is 4.98 Å². The Morgan fingerprint density at radius 3 is 2.33 bits per heavy atom. The molecule has 0 amide bonds. The first-order chi connectivity index (χ1) is 9.41. The van der Waals surface area contributed by atoms with E-state index in [1.165, 1.54) is 0 Å². The van der Waals surface area contributed by atoms with Crippen LogP contribution >= 0.6 is 11.6 Å². The van der Waals surface area contributed by atoms with Gasteiger partial charge in [-0.15, -0.1) is 0 Å². The monoisotopic (exact) mass is 351 g/mol. The number of nitrogens with zero attached hydrogens (tertiary/aromatic N) is 1. The van der Waals surface area contributed by atoms with Crippen molar-refractivity contribution in [1.29, 1.82) is 0 Å². The Labute approximate surface area is 121 Å². The second-order valence-corrected chi connectivity index (χ2v) is 6.43. The summed E-state index contributed by atoms with van der Waals surface area (Å²) in [5.74, 6) is -4.18. The average molecular weight is 352 g/mol. The van der Waals surface area contributed by atoms with Gasteiger partial charge in [-0.1, -0.05) is 11.6 Å². The van der Waals surface area contributed by atoms with Crippen molar-refractivity contribution in [2.24, 2.45) is 0 Å². The normalized spacial score (nSPS) is 19.1. The van der Waals surface area contributed by atoms with Crippen molar-refractivity contribution < 1.29 is 34.6 Å². The van der Waals surface area contributed by atoms with Crippen molar-refractivity contribution in [1.82, 2.24) is 4.98 Å². The van der Waals surface area contributed by atoms with Crippen LogP contribution in [0.4, 0.5) is 22.0 Å². The van der Waals surface area contributed by atoms with E-state index >= 15 is 0 Å². The Hall–Kier alpha value is -1.16. The molecule has 1 saturated carbocycles. The molecule has 0 radical (unpaired) electrons. The molecule has 0 bridgehead atoms. The first kappa shape index (κ1) is 16.2. The summed E-state index contributed by atoms with van der Waals surface area (Å²) in [7, 11) is -5.83. The van der Waals surface area contributed by atoms with Crippen molar-refractivity contribution in [2.45, 2.75) is 30.2 Å². The standard InChI is InChI=1S/C10H7ClF5NO3S/c11-7-1-6(20-21(18,19)10(14,15)16)4-17-8(7)5-2-9(12,13)3-5/h1,4-5H,2-3H2. The smallest absolute Gasteiger partial charge is 0.374 e. The molecule has 118 valence electrons. The fourth-order valence-electron chi connectivity index (χ4n) is 1.81. The second-order valence-electron chi connectivity index (χ2n) is 4.48. The Morgan fingerprint density at radius 1 is 1.33 bits per heavy atom. The number of aromatic nitrogens is 1. The molecular formula is C10H7ClF5NO3S. The maximum atomic E-state index is 12.7. The molecule has 1 aromatic heterocycles. The first-order valence-corrected chi connectivity index (χ1v) is 7.24. The molecule has 2 rings (SSSR count). The Bertz CT molecular complexity index is 653. The van der Waals surface area contributed by atoms with Gasteiger partial charge in [0.2, 0.25) is 5.92 Å². The minimum Gasteiger partial charge on any atom is -0.374 e. The number of pyridine rings is 1. The van der Waals surface area contributed by atoms with Gasteiger partial charge >= 0.3 is 15.6 Å². The highest BCUT2D eigenvalue weighted by Crippen LogP contribution is 2.49. The van der Waals surface area contributed by atoms with Gasteiger partial charge < -0.3 is 4.18 Å². The van der Waals surface area contributed by atoms with Crippen LogP contribution in [-0.4, -0.2) is 24.8 Å². The van der Waals surface area contributed by atoms with E-state index in [4.69, 9.17) is 11.6 Å². The molecule has 21 heavy (non-hydrogen) atoms. The van der Waals surface area contributed by atoms with Crippen molar-refractivity contribution >= 4 is 21.7 Å². The molecule has 1 aliphatic rings. The maximum Gasteiger partial charge on any atom is 0.534 e. The number of hydrogen-bond donors (Lipinski definition) is 0. The number of halogens is 6. The van der Waals surface area contributed by atoms with Gasteiger partial charge in [-0.25, -0.2) is 8.78 Å². The molecule has 0 spiro atoms. The zero-order valence-corrected chi connectivity index (χ0v) is 11.6. The molecule has 1 aromatic rings. The van der Waals surface area contributed by atoms with Crippen molar-refractivity contribution in [3.63, 3.8) is 0 Å². The molecule has 0 unspecified atom stereocenters. The minimum atomic E-state index is -5.83. The predicted molar refractivity (Wildman–Crippen MR) is 61.8 cm³/mol. The van der Waals surface area contributed by atoms with E-state index in [-0.39, 0.29) is 10.7 Å². The van der Waals surface area contributed by atoms with Gasteiger partial charge in [-0.2, -0.15) is 21.6 Å². The first-order valence-electron chi connectivity index (χ1n) is 5.45. The Kier molecular flexibility index (Phi) is 3.81. The number of hydrogen-bond acceptors (Lipinski definition) is 4. The van der Waals surface area contributed by atoms with Crippen LogP contribution in [0.15, 0.2) is 12.3 Å². The van der Waals surface area contributed by atoms with E-state index in [2.05, 4.69) is 9.17 Å². The highest BCUT2D eigenvalue weighted by Gasteiger charge is 2.49. The molecule has 1 aliphatic carbocycles. The highest BCUT2D eigenvalue weighted by molar-refractivity contribution is 7.88. The zero-order valence-electron chi connectivity index (χ0n) is 9.99. The summed E-state index contributed by atoms with van der Waals surface area (Å²) in [6.07, 6.45) is -0.248. The van der Waals surface area contributed by atoms with Crippen LogP contribution in [0, 0.1) is 0 Å². The minimum absolute atomic E-state index is 0.0688. The fourth-order valence-corrected chi connectivity index (χ4v) is 2.56. The summed E-state index contributed by atoms with van der Waals surface area (Å²) in [5.41, 5.74) is -5.52. The SMILES string of the molecule is O=S(=O)(Oc1cnc(C2CC(F)(F)C2)c(Cl)c1)C(F)(F)F. The van der Waals surface area contributed by atoms with Crippen molar-refractivity contribution in [3.05, 3.63) is 23.0 Å². The summed E-state index contributed by atoms with van der Waals surface area (Å²) in [6, 6.07) is 0.795. The molecule has 0 aromatic carbocycles. The molecule has 1 heterocycles. The van der Waals surface area contributed by atoms with Gasteiger partial charge in [0.25, 0.3) is 0 Å². The summed E-state index contributed by atoms with van der Waals surface area (Å²) in [6.45, 7) is 0. The van der Waals surface area contributed by atoms with Crippen LogP contribution < -0.4 is 4.18 Å². The molecule has 4 nitrogen and oxygen atoms in total. The summed E-state index contributed by atoms with van der Waals surface area (Å²) >= 11 is 5.71. The molecular weight excluding hydrogens is 345 g/mol. The molecule has 1 fully saturated rings. The number of alkyl halides is 5. The van der Waals surface area contributed by atoms with Crippen LogP contribution in [0.3, 0.4) is 0 Å². The highest BCUT2D eigenvalue weighted by atomic mass is 35.5. The number of rotatable bonds is 3. The van der Waals surface area contributed by atoms with Crippen LogP contribution in [-0.2, 0) is 10.1 Å². The van der Waals surface area contributed by atoms with E-state index in [9.17, 15) is 30.4 Å². The van der Waals surface area contributed by atoms with E-state index in [0.29, 0.717) is 6.20 Å². The van der Waals surface area contributed by atoms with Gasteiger partial charge in [0, 0.05) is 24.8 Å².